The number of carbonyl (C=O) groups is 1. The number of amides is 2. The Hall–Kier alpha value is -3.17. The molecule has 2 aromatic heterocycles. The van der Waals surface area contributed by atoms with Crippen LogP contribution in [0, 0.1) is 0 Å². The molecule has 1 fully saturated rings. The highest BCUT2D eigenvalue weighted by atomic mass is 16.5. The second-order valence-electron chi connectivity index (χ2n) is 8.52. The molecule has 1 aromatic carbocycles. The van der Waals surface area contributed by atoms with Crippen LogP contribution in [0.5, 0.6) is 5.75 Å². The Morgan fingerprint density at radius 3 is 2.97 bits per heavy atom. The van der Waals surface area contributed by atoms with E-state index < -0.39 is 0 Å². The van der Waals surface area contributed by atoms with Crippen LogP contribution >= 0.6 is 0 Å². The number of hydrogen-bond donors (Lipinski definition) is 2. The third kappa shape index (κ3) is 5.09. The average Bonchev–Trinajstić information content (AvgIpc) is 3.50. The van der Waals surface area contributed by atoms with Gasteiger partial charge in [-0.2, -0.15) is 5.10 Å². The zero-order chi connectivity index (χ0) is 22.5. The number of carbonyl (C=O) groups excluding carboxylic acids is 1. The molecule has 0 aliphatic carbocycles. The number of anilines is 1. The van der Waals surface area contributed by atoms with Crippen LogP contribution < -0.4 is 20.3 Å². The fourth-order valence-corrected chi connectivity index (χ4v) is 4.44. The molecule has 2 aliphatic heterocycles. The van der Waals surface area contributed by atoms with Crippen LogP contribution in [0.2, 0.25) is 0 Å². The first-order valence-electron chi connectivity index (χ1n) is 11.8. The molecule has 0 atom stereocenters. The van der Waals surface area contributed by atoms with E-state index in [1.54, 1.807) is 15.6 Å². The standard InChI is InChI=1S/C24H31N7O2/c32-24(26-8-4-13-29-11-1-2-12-29)30-15-9-25-10-16-33-20-6-3-5-19(17-20)21-18-27-31-14-7-22(30)28-23(21)31/h3,5-7,14,17-18,25H,1-2,4,8-13,15-16H2,(H,26,32). The van der Waals surface area contributed by atoms with Gasteiger partial charge < -0.3 is 20.3 Å². The monoisotopic (exact) mass is 449 g/mol. The molecule has 0 unspecified atom stereocenters. The fourth-order valence-electron chi connectivity index (χ4n) is 4.44. The molecule has 2 amide bonds. The fraction of sp³-hybridized carbons (Fsp3) is 0.458. The molecule has 0 saturated carbocycles. The Kier molecular flexibility index (Phi) is 6.68. The van der Waals surface area contributed by atoms with Crippen molar-refractivity contribution in [3.05, 3.63) is 42.7 Å². The van der Waals surface area contributed by atoms with Crippen molar-refractivity contribution in [3.8, 4) is 16.9 Å². The molecule has 174 valence electrons. The lowest BCUT2D eigenvalue weighted by molar-refractivity contribution is 0.245. The van der Waals surface area contributed by atoms with E-state index in [2.05, 4.69) is 20.6 Å². The minimum Gasteiger partial charge on any atom is -0.492 e. The number of nitrogens with one attached hydrogen (secondary N) is 2. The predicted molar refractivity (Wildman–Crippen MR) is 128 cm³/mol. The average molecular weight is 450 g/mol. The number of rotatable bonds is 4. The molecule has 1 saturated heterocycles. The predicted octanol–water partition coefficient (Wildman–Crippen LogP) is 2.38. The van der Waals surface area contributed by atoms with E-state index in [4.69, 9.17) is 9.72 Å². The van der Waals surface area contributed by atoms with Crippen LogP contribution in [0.3, 0.4) is 0 Å². The third-order valence-corrected chi connectivity index (χ3v) is 6.21. The van der Waals surface area contributed by atoms with Crippen molar-refractivity contribution in [1.82, 2.24) is 30.1 Å². The van der Waals surface area contributed by atoms with Gasteiger partial charge in [0.05, 0.1) is 6.20 Å². The summed E-state index contributed by atoms with van der Waals surface area (Å²) in [6.45, 7) is 6.44. The number of likely N-dealkylation sites (tertiary alicyclic amines) is 1. The Labute approximate surface area is 193 Å². The number of ether oxygens (including phenoxy) is 1. The van der Waals surface area contributed by atoms with Crippen molar-refractivity contribution in [2.24, 2.45) is 0 Å². The molecule has 4 bridgehead atoms. The molecule has 4 heterocycles. The van der Waals surface area contributed by atoms with E-state index in [1.165, 1.54) is 25.9 Å². The highest BCUT2D eigenvalue weighted by molar-refractivity contribution is 5.91. The molecule has 2 N–H and O–H groups in total. The van der Waals surface area contributed by atoms with Gasteiger partial charge in [0.1, 0.15) is 18.2 Å². The van der Waals surface area contributed by atoms with Gasteiger partial charge in [-0.05, 0) is 62.7 Å². The van der Waals surface area contributed by atoms with E-state index in [0.717, 1.165) is 29.8 Å². The Bertz CT molecular complexity index is 1090. The van der Waals surface area contributed by atoms with Crippen LogP contribution in [0.4, 0.5) is 10.6 Å². The summed E-state index contributed by atoms with van der Waals surface area (Å²) in [5.74, 6) is 1.43. The zero-order valence-corrected chi connectivity index (χ0v) is 18.9. The quantitative estimate of drug-likeness (QED) is 0.595. The van der Waals surface area contributed by atoms with Crippen molar-refractivity contribution < 1.29 is 9.53 Å². The smallest absolute Gasteiger partial charge is 0.323 e. The van der Waals surface area contributed by atoms with Gasteiger partial charge in [-0.15, -0.1) is 0 Å². The molecular formula is C24H31N7O2. The number of urea groups is 1. The van der Waals surface area contributed by atoms with E-state index >= 15 is 0 Å². The van der Waals surface area contributed by atoms with E-state index in [-0.39, 0.29) is 6.03 Å². The van der Waals surface area contributed by atoms with Gasteiger partial charge in [0, 0.05) is 37.9 Å². The summed E-state index contributed by atoms with van der Waals surface area (Å²) in [6, 6.07) is 9.67. The highest BCUT2D eigenvalue weighted by Crippen LogP contribution is 2.28. The SMILES string of the molecule is O=C(NCCCN1CCCC1)N1CCNCCOc2cccc(c2)-c2cnn3ccc1nc23. The first-order chi connectivity index (χ1) is 16.3. The lowest BCUT2D eigenvalue weighted by Crippen LogP contribution is -2.45. The van der Waals surface area contributed by atoms with E-state index in [9.17, 15) is 4.79 Å². The normalized spacial score (nSPS) is 17.2. The first-order valence-corrected chi connectivity index (χ1v) is 11.8. The number of nitrogens with zero attached hydrogens (tertiary/aromatic N) is 5. The number of hydrogen-bond acceptors (Lipinski definition) is 6. The maximum absolute atomic E-state index is 13.1. The zero-order valence-electron chi connectivity index (χ0n) is 18.9. The van der Waals surface area contributed by atoms with Crippen molar-refractivity contribution in [2.45, 2.75) is 19.3 Å². The largest absolute Gasteiger partial charge is 0.492 e. The number of fused-ring (bicyclic) bond motifs is 4. The van der Waals surface area contributed by atoms with Crippen LogP contribution in [0.15, 0.2) is 42.7 Å². The molecule has 5 rings (SSSR count). The van der Waals surface area contributed by atoms with Crippen LogP contribution in [-0.2, 0) is 0 Å². The van der Waals surface area contributed by atoms with Gasteiger partial charge >= 0.3 is 6.03 Å². The van der Waals surface area contributed by atoms with Crippen LogP contribution in [-0.4, -0.2) is 77.9 Å². The van der Waals surface area contributed by atoms with Gasteiger partial charge in [0.2, 0.25) is 0 Å². The maximum Gasteiger partial charge on any atom is 0.323 e. The molecule has 33 heavy (non-hydrogen) atoms. The summed E-state index contributed by atoms with van der Waals surface area (Å²) in [5, 5.41) is 10.9. The molecule has 0 radical (unpaired) electrons. The lowest BCUT2D eigenvalue weighted by Gasteiger charge is -2.23. The van der Waals surface area contributed by atoms with Gasteiger partial charge in [0.25, 0.3) is 0 Å². The van der Waals surface area contributed by atoms with Crippen molar-refractivity contribution in [1.29, 1.82) is 0 Å². The molecule has 2 aliphatic rings. The summed E-state index contributed by atoms with van der Waals surface area (Å²) in [4.78, 5) is 22.1. The van der Waals surface area contributed by atoms with E-state index in [1.807, 2.05) is 36.5 Å². The Balaban J connectivity index is 1.37. The summed E-state index contributed by atoms with van der Waals surface area (Å²) in [5.41, 5.74) is 2.60. The molecule has 9 nitrogen and oxygen atoms in total. The van der Waals surface area contributed by atoms with Crippen molar-refractivity contribution in [3.63, 3.8) is 0 Å². The van der Waals surface area contributed by atoms with Gasteiger partial charge in [-0.25, -0.2) is 14.3 Å². The Morgan fingerprint density at radius 2 is 2.06 bits per heavy atom. The molecule has 3 aromatic rings. The van der Waals surface area contributed by atoms with Gasteiger partial charge in [0.15, 0.2) is 5.65 Å². The topological polar surface area (TPSA) is 87.0 Å². The highest BCUT2D eigenvalue weighted by Gasteiger charge is 2.19. The van der Waals surface area contributed by atoms with Crippen LogP contribution in [0.1, 0.15) is 19.3 Å². The number of benzene rings is 1. The second-order valence-corrected chi connectivity index (χ2v) is 8.52. The van der Waals surface area contributed by atoms with Gasteiger partial charge in [-0.3, -0.25) is 4.90 Å². The molecule has 0 spiro atoms. The number of aromatic nitrogens is 3. The lowest BCUT2D eigenvalue weighted by atomic mass is 10.1. The van der Waals surface area contributed by atoms with Crippen molar-refractivity contribution in [2.75, 3.05) is 57.3 Å². The Morgan fingerprint density at radius 1 is 1.15 bits per heavy atom. The minimum atomic E-state index is -0.124. The first kappa shape index (κ1) is 21.7. The third-order valence-electron chi connectivity index (χ3n) is 6.21. The maximum atomic E-state index is 13.1. The molecule has 9 heteroatoms. The summed E-state index contributed by atoms with van der Waals surface area (Å²) in [6.07, 6.45) is 7.18. The summed E-state index contributed by atoms with van der Waals surface area (Å²) < 4.78 is 7.63. The summed E-state index contributed by atoms with van der Waals surface area (Å²) >= 11 is 0. The van der Waals surface area contributed by atoms with E-state index in [0.29, 0.717) is 44.3 Å². The van der Waals surface area contributed by atoms with Crippen LogP contribution in [0.25, 0.3) is 16.8 Å². The van der Waals surface area contributed by atoms with Crippen molar-refractivity contribution >= 4 is 17.5 Å². The second kappa shape index (κ2) is 10.2. The minimum absolute atomic E-state index is 0.124. The molecular weight excluding hydrogens is 418 g/mol. The van der Waals surface area contributed by atoms with Gasteiger partial charge in [-0.1, -0.05) is 12.1 Å². The summed E-state index contributed by atoms with van der Waals surface area (Å²) in [7, 11) is 0.